The third kappa shape index (κ3) is 5.32. The van der Waals surface area contributed by atoms with Crippen molar-refractivity contribution in [3.63, 3.8) is 0 Å². The normalized spacial score (nSPS) is 11.9. The zero-order valence-corrected chi connectivity index (χ0v) is 16.8. The summed E-state index contributed by atoms with van der Waals surface area (Å²) in [5.74, 6) is -1.16. The number of rotatable bonds is 6. The maximum atomic E-state index is 12.8. The molecule has 2 aromatic rings. The van der Waals surface area contributed by atoms with E-state index in [1.165, 1.54) is 7.11 Å². The molecule has 2 N–H and O–H groups in total. The van der Waals surface area contributed by atoms with Crippen LogP contribution in [0.4, 0.5) is 4.79 Å². The standard InChI is InChI=1S/C18H22N4O5S/c1-10(2)19-17(26)21-15(24)11(3)28-18-20-13-8-6-5-7-12(13)16(25)22(18)9-14(23)27-4/h5-8,10-11H,9H2,1-4H3,(H2,19,21,24,26)/t11-/m1/s1. The molecule has 28 heavy (non-hydrogen) atoms. The molecule has 9 nitrogen and oxygen atoms in total. The van der Waals surface area contributed by atoms with Crippen LogP contribution >= 0.6 is 11.8 Å². The molecule has 0 saturated carbocycles. The van der Waals surface area contributed by atoms with Gasteiger partial charge in [0.25, 0.3) is 5.56 Å². The number of esters is 1. The molecule has 0 radical (unpaired) electrons. The summed E-state index contributed by atoms with van der Waals surface area (Å²) in [5, 5.41) is 4.59. The van der Waals surface area contributed by atoms with Crippen molar-refractivity contribution in [3.05, 3.63) is 34.6 Å². The first-order valence-corrected chi connectivity index (χ1v) is 9.45. The third-order valence-corrected chi connectivity index (χ3v) is 4.74. The Balaban J connectivity index is 2.32. The number of fused-ring (bicyclic) bond motifs is 1. The SMILES string of the molecule is COC(=O)Cn1c(S[C@H](C)C(=O)NC(=O)NC(C)C)nc2ccccc2c1=O. The van der Waals surface area contributed by atoms with Gasteiger partial charge in [-0.25, -0.2) is 9.78 Å². The van der Waals surface area contributed by atoms with Crippen molar-refractivity contribution in [2.24, 2.45) is 0 Å². The third-order valence-electron chi connectivity index (χ3n) is 3.65. The van der Waals surface area contributed by atoms with E-state index in [9.17, 15) is 19.2 Å². The molecule has 0 bridgehead atoms. The number of para-hydroxylation sites is 1. The first-order chi connectivity index (χ1) is 13.2. The number of methoxy groups -OCH3 is 1. The van der Waals surface area contributed by atoms with E-state index in [-0.39, 0.29) is 17.7 Å². The van der Waals surface area contributed by atoms with Crippen LogP contribution < -0.4 is 16.2 Å². The molecule has 3 amide bonds. The van der Waals surface area contributed by atoms with Gasteiger partial charge in [-0.2, -0.15) is 0 Å². The lowest BCUT2D eigenvalue weighted by molar-refractivity contribution is -0.141. The number of ether oxygens (including phenoxy) is 1. The van der Waals surface area contributed by atoms with Gasteiger partial charge in [-0.1, -0.05) is 23.9 Å². The number of hydrogen-bond donors (Lipinski definition) is 2. The van der Waals surface area contributed by atoms with E-state index < -0.39 is 28.7 Å². The van der Waals surface area contributed by atoms with Crippen molar-refractivity contribution in [2.45, 2.75) is 43.8 Å². The predicted molar refractivity (Wildman–Crippen MR) is 105 cm³/mol. The minimum Gasteiger partial charge on any atom is -0.468 e. The van der Waals surface area contributed by atoms with Crippen LogP contribution in [0.3, 0.4) is 0 Å². The Hall–Kier alpha value is -2.88. The number of aromatic nitrogens is 2. The van der Waals surface area contributed by atoms with E-state index >= 15 is 0 Å². The van der Waals surface area contributed by atoms with Gasteiger partial charge in [0.15, 0.2) is 5.16 Å². The van der Waals surface area contributed by atoms with Gasteiger partial charge >= 0.3 is 12.0 Å². The molecule has 0 fully saturated rings. The molecule has 1 atom stereocenters. The van der Waals surface area contributed by atoms with E-state index in [0.717, 1.165) is 16.3 Å². The average molecular weight is 406 g/mol. The number of nitrogens with one attached hydrogen (secondary N) is 2. The van der Waals surface area contributed by atoms with Crippen LogP contribution in [0.15, 0.2) is 34.2 Å². The fourth-order valence-electron chi connectivity index (χ4n) is 2.29. The number of carbonyl (C=O) groups is 3. The molecule has 10 heteroatoms. The van der Waals surface area contributed by atoms with Crippen molar-refractivity contribution in [1.82, 2.24) is 20.2 Å². The highest BCUT2D eigenvalue weighted by Crippen LogP contribution is 2.22. The molecule has 1 aromatic carbocycles. The average Bonchev–Trinajstić information content (AvgIpc) is 2.63. The maximum Gasteiger partial charge on any atom is 0.325 e. The highest BCUT2D eigenvalue weighted by atomic mass is 32.2. The summed E-state index contributed by atoms with van der Waals surface area (Å²) in [6, 6.07) is 5.99. The van der Waals surface area contributed by atoms with Crippen LogP contribution in [0.5, 0.6) is 0 Å². The molecule has 150 valence electrons. The second-order valence-corrected chi connectivity index (χ2v) is 7.56. The first-order valence-electron chi connectivity index (χ1n) is 8.57. The molecule has 1 heterocycles. The van der Waals surface area contributed by atoms with E-state index in [4.69, 9.17) is 0 Å². The topological polar surface area (TPSA) is 119 Å². The van der Waals surface area contributed by atoms with E-state index in [0.29, 0.717) is 10.9 Å². The Kier molecular flexibility index (Phi) is 7.16. The molecule has 0 unspecified atom stereocenters. The monoisotopic (exact) mass is 406 g/mol. The number of benzene rings is 1. The molecule has 0 spiro atoms. The summed E-state index contributed by atoms with van der Waals surface area (Å²) in [4.78, 5) is 52.9. The molecule has 2 rings (SSSR count). The Morgan fingerprint density at radius 3 is 2.54 bits per heavy atom. The first kappa shape index (κ1) is 21.4. The Morgan fingerprint density at radius 1 is 1.21 bits per heavy atom. The molecule has 0 saturated heterocycles. The van der Waals surface area contributed by atoms with E-state index in [2.05, 4.69) is 20.4 Å². The Labute approximate surface area is 165 Å². The number of imide groups is 1. The lowest BCUT2D eigenvalue weighted by atomic mass is 10.2. The van der Waals surface area contributed by atoms with Gasteiger partial charge in [0.1, 0.15) is 6.54 Å². The summed E-state index contributed by atoms with van der Waals surface area (Å²) in [6.07, 6.45) is 0. The lowest BCUT2D eigenvalue weighted by Crippen LogP contribution is -2.45. The molecule has 1 aromatic heterocycles. The molecular formula is C18H22N4O5S. The van der Waals surface area contributed by atoms with Gasteiger partial charge in [-0.05, 0) is 32.9 Å². The van der Waals surface area contributed by atoms with Crippen LogP contribution in [0.25, 0.3) is 10.9 Å². The van der Waals surface area contributed by atoms with E-state index in [1.807, 2.05) is 0 Å². The van der Waals surface area contributed by atoms with Crippen molar-refractivity contribution < 1.29 is 19.1 Å². The number of urea groups is 1. The van der Waals surface area contributed by atoms with Gasteiger partial charge in [0.05, 0.1) is 23.3 Å². The summed E-state index contributed by atoms with van der Waals surface area (Å²) >= 11 is 0.973. The Morgan fingerprint density at radius 2 is 1.89 bits per heavy atom. The van der Waals surface area contributed by atoms with Gasteiger partial charge in [-0.3, -0.25) is 24.3 Å². The molecule has 0 aliphatic heterocycles. The maximum absolute atomic E-state index is 12.8. The largest absolute Gasteiger partial charge is 0.468 e. The second-order valence-electron chi connectivity index (χ2n) is 6.26. The van der Waals surface area contributed by atoms with Crippen LogP contribution in [-0.4, -0.2) is 45.9 Å². The number of amides is 3. The minimum absolute atomic E-state index is 0.122. The van der Waals surface area contributed by atoms with Crippen molar-refractivity contribution >= 4 is 40.6 Å². The molecule has 0 aliphatic carbocycles. The fraction of sp³-hybridized carbons (Fsp3) is 0.389. The number of nitrogens with zero attached hydrogens (tertiary/aromatic N) is 2. The van der Waals surface area contributed by atoms with Crippen molar-refractivity contribution in [1.29, 1.82) is 0 Å². The van der Waals surface area contributed by atoms with Crippen LogP contribution in [0.1, 0.15) is 20.8 Å². The van der Waals surface area contributed by atoms with Crippen molar-refractivity contribution in [3.8, 4) is 0 Å². The van der Waals surface area contributed by atoms with Crippen molar-refractivity contribution in [2.75, 3.05) is 7.11 Å². The summed E-state index contributed by atoms with van der Waals surface area (Å²) in [7, 11) is 1.22. The second kappa shape index (κ2) is 9.36. The van der Waals surface area contributed by atoms with Gasteiger partial charge < -0.3 is 10.1 Å². The number of hydrogen-bond acceptors (Lipinski definition) is 7. The quantitative estimate of drug-likeness (QED) is 0.421. The predicted octanol–water partition coefficient (Wildman–Crippen LogP) is 1.28. The Bertz CT molecular complexity index is 957. The number of thioether (sulfide) groups is 1. The molecule has 0 aliphatic rings. The summed E-state index contributed by atoms with van der Waals surface area (Å²) in [5.41, 5.74) is 0.0323. The number of carbonyl (C=O) groups excluding carboxylic acids is 3. The van der Waals surface area contributed by atoms with Gasteiger partial charge in [0.2, 0.25) is 5.91 Å². The van der Waals surface area contributed by atoms with Crippen LogP contribution in [-0.2, 0) is 20.9 Å². The fourth-order valence-corrected chi connectivity index (χ4v) is 3.20. The van der Waals surface area contributed by atoms with Gasteiger partial charge in [0, 0.05) is 6.04 Å². The highest BCUT2D eigenvalue weighted by molar-refractivity contribution is 8.00. The lowest BCUT2D eigenvalue weighted by Gasteiger charge is -2.16. The smallest absolute Gasteiger partial charge is 0.325 e. The summed E-state index contributed by atoms with van der Waals surface area (Å²) in [6.45, 7) is 4.78. The zero-order chi connectivity index (χ0) is 20.8. The van der Waals surface area contributed by atoms with Crippen LogP contribution in [0, 0.1) is 0 Å². The highest BCUT2D eigenvalue weighted by Gasteiger charge is 2.22. The minimum atomic E-state index is -0.741. The van der Waals surface area contributed by atoms with E-state index in [1.54, 1.807) is 45.0 Å². The zero-order valence-electron chi connectivity index (χ0n) is 16.0. The van der Waals surface area contributed by atoms with Gasteiger partial charge in [-0.15, -0.1) is 0 Å². The van der Waals surface area contributed by atoms with Crippen LogP contribution in [0.2, 0.25) is 0 Å². The molecular weight excluding hydrogens is 384 g/mol. The summed E-state index contributed by atoms with van der Waals surface area (Å²) < 4.78 is 5.81.